The number of aliphatic hydroxyl groups is 1. The zero-order valence-electron chi connectivity index (χ0n) is 20.1. The van der Waals surface area contributed by atoms with E-state index in [4.69, 9.17) is 0 Å². The minimum absolute atomic E-state index is 0.305. The number of β-amino-alcohol motifs (C(OH)–C–C–N with tert-alkyl or cyclic N) is 1. The summed E-state index contributed by atoms with van der Waals surface area (Å²) in [6, 6.07) is 20.8. The van der Waals surface area contributed by atoms with Crippen molar-refractivity contribution in [3.05, 3.63) is 78.7 Å². The Morgan fingerprint density at radius 2 is 1.66 bits per heavy atom. The summed E-state index contributed by atoms with van der Waals surface area (Å²) < 4.78 is 14.8. The molecule has 0 aliphatic carbocycles. The van der Waals surface area contributed by atoms with Crippen LogP contribution in [0.4, 0.5) is 21.7 Å². The molecule has 180 valence electrons. The van der Waals surface area contributed by atoms with Crippen LogP contribution < -0.4 is 10.2 Å². The molecular formula is C28H30FN5O. The summed E-state index contributed by atoms with van der Waals surface area (Å²) in [6.07, 6.45) is 1.72. The van der Waals surface area contributed by atoms with Crippen molar-refractivity contribution in [2.45, 2.75) is 19.4 Å². The summed E-state index contributed by atoms with van der Waals surface area (Å²) in [7, 11) is 0. The summed E-state index contributed by atoms with van der Waals surface area (Å²) in [5.74, 6) is 0.119. The molecule has 2 heterocycles. The normalized spacial score (nSPS) is 14.9. The molecule has 0 amide bonds. The minimum Gasteiger partial charge on any atom is -0.389 e. The molecule has 7 heteroatoms. The second-order valence-electron chi connectivity index (χ2n) is 9.67. The van der Waals surface area contributed by atoms with Gasteiger partial charge in [-0.3, -0.25) is 4.90 Å². The van der Waals surface area contributed by atoms with Crippen molar-refractivity contribution in [2.24, 2.45) is 0 Å². The highest BCUT2D eigenvalue weighted by Gasteiger charge is 2.23. The molecule has 1 aromatic heterocycles. The van der Waals surface area contributed by atoms with Crippen LogP contribution in [0.3, 0.4) is 0 Å². The number of fused-ring (bicyclic) bond motifs is 1. The van der Waals surface area contributed by atoms with E-state index in [2.05, 4.69) is 37.2 Å². The summed E-state index contributed by atoms with van der Waals surface area (Å²) in [4.78, 5) is 13.7. The predicted octanol–water partition coefficient (Wildman–Crippen LogP) is 5.07. The Morgan fingerprint density at radius 3 is 2.34 bits per heavy atom. The number of hydrogen-bond acceptors (Lipinski definition) is 6. The van der Waals surface area contributed by atoms with Gasteiger partial charge in [0.25, 0.3) is 0 Å². The molecular weight excluding hydrogens is 441 g/mol. The number of benzene rings is 3. The molecule has 6 nitrogen and oxygen atoms in total. The molecule has 0 spiro atoms. The van der Waals surface area contributed by atoms with Crippen molar-refractivity contribution in [3.63, 3.8) is 0 Å². The summed E-state index contributed by atoms with van der Waals surface area (Å²) >= 11 is 0. The molecule has 0 radical (unpaired) electrons. The van der Waals surface area contributed by atoms with Crippen LogP contribution in [-0.4, -0.2) is 58.3 Å². The topological polar surface area (TPSA) is 64.5 Å². The number of nitrogens with one attached hydrogen (secondary N) is 1. The van der Waals surface area contributed by atoms with Crippen LogP contribution in [0.5, 0.6) is 0 Å². The highest BCUT2D eigenvalue weighted by atomic mass is 19.1. The molecule has 5 rings (SSSR count). The van der Waals surface area contributed by atoms with Crippen molar-refractivity contribution >= 4 is 28.2 Å². The maximum atomic E-state index is 14.8. The van der Waals surface area contributed by atoms with E-state index in [1.165, 1.54) is 6.07 Å². The van der Waals surface area contributed by atoms with Gasteiger partial charge in [-0.2, -0.15) is 0 Å². The van der Waals surface area contributed by atoms with Crippen LogP contribution in [0.15, 0.2) is 72.9 Å². The van der Waals surface area contributed by atoms with Gasteiger partial charge in [-0.1, -0.05) is 30.3 Å². The molecule has 1 aliphatic heterocycles. The molecule has 4 aromatic rings. The van der Waals surface area contributed by atoms with Crippen molar-refractivity contribution < 1.29 is 9.50 Å². The fourth-order valence-electron chi connectivity index (χ4n) is 4.61. The Morgan fingerprint density at radius 1 is 0.943 bits per heavy atom. The Hall–Kier alpha value is -3.55. The van der Waals surface area contributed by atoms with Gasteiger partial charge in [-0.05, 0) is 55.8 Å². The number of nitrogens with zero attached hydrogens (tertiary/aromatic N) is 4. The van der Waals surface area contributed by atoms with Crippen LogP contribution >= 0.6 is 0 Å². The standard InChI is InChI=1S/C28H30FN5O/c1-28(2,35)19-33-14-16-34(17-15-33)23-11-9-22(10-12-23)31-27-30-18-21-8-13-24(29)25(26(21)32-27)20-6-4-3-5-7-20/h3-13,18,35H,14-17,19H2,1-2H3,(H,30,31,32). The zero-order valence-corrected chi connectivity index (χ0v) is 20.1. The highest BCUT2D eigenvalue weighted by molar-refractivity contribution is 5.94. The number of rotatable bonds is 6. The summed E-state index contributed by atoms with van der Waals surface area (Å²) in [5.41, 5.74) is 3.19. The number of anilines is 3. The van der Waals surface area contributed by atoms with Crippen molar-refractivity contribution in [1.29, 1.82) is 0 Å². The number of hydrogen-bond donors (Lipinski definition) is 2. The largest absolute Gasteiger partial charge is 0.389 e. The maximum absolute atomic E-state index is 14.8. The van der Waals surface area contributed by atoms with E-state index in [1.807, 2.05) is 56.3 Å². The van der Waals surface area contributed by atoms with Crippen LogP contribution in [0.2, 0.25) is 0 Å². The summed E-state index contributed by atoms with van der Waals surface area (Å²) in [5, 5.41) is 14.1. The third-order valence-electron chi connectivity index (χ3n) is 6.24. The lowest BCUT2D eigenvalue weighted by Crippen LogP contribution is -2.50. The smallest absolute Gasteiger partial charge is 0.227 e. The molecule has 1 aliphatic rings. The van der Waals surface area contributed by atoms with E-state index >= 15 is 0 Å². The molecule has 1 saturated heterocycles. The predicted molar refractivity (Wildman–Crippen MR) is 140 cm³/mol. The number of aromatic nitrogens is 2. The van der Waals surface area contributed by atoms with Gasteiger partial charge in [0.15, 0.2) is 0 Å². The van der Waals surface area contributed by atoms with E-state index in [0.29, 0.717) is 23.6 Å². The Labute approximate surface area is 205 Å². The molecule has 2 N–H and O–H groups in total. The van der Waals surface area contributed by atoms with Gasteiger partial charge in [0.2, 0.25) is 5.95 Å². The first kappa shape index (κ1) is 23.2. The van der Waals surface area contributed by atoms with Gasteiger partial charge in [-0.15, -0.1) is 0 Å². The second-order valence-corrected chi connectivity index (χ2v) is 9.67. The first-order chi connectivity index (χ1) is 16.9. The molecule has 3 aromatic carbocycles. The first-order valence-corrected chi connectivity index (χ1v) is 11.9. The lowest BCUT2D eigenvalue weighted by atomic mass is 10.0. The van der Waals surface area contributed by atoms with Gasteiger partial charge in [0.05, 0.1) is 11.1 Å². The SMILES string of the molecule is CC(C)(O)CN1CCN(c2ccc(Nc3ncc4ccc(F)c(-c5ccccc5)c4n3)cc2)CC1. The average Bonchev–Trinajstić information content (AvgIpc) is 2.84. The summed E-state index contributed by atoms with van der Waals surface area (Å²) in [6.45, 7) is 8.08. The fraction of sp³-hybridized carbons (Fsp3) is 0.286. The average molecular weight is 472 g/mol. The molecule has 0 atom stereocenters. The van der Waals surface area contributed by atoms with Crippen LogP contribution in [-0.2, 0) is 0 Å². The van der Waals surface area contributed by atoms with E-state index in [-0.39, 0.29) is 5.82 Å². The van der Waals surface area contributed by atoms with Crippen molar-refractivity contribution in [2.75, 3.05) is 42.9 Å². The Kier molecular flexibility index (Phi) is 6.36. The van der Waals surface area contributed by atoms with E-state index in [1.54, 1.807) is 12.3 Å². The van der Waals surface area contributed by atoms with Crippen molar-refractivity contribution in [1.82, 2.24) is 14.9 Å². The first-order valence-electron chi connectivity index (χ1n) is 11.9. The second kappa shape index (κ2) is 9.60. The van der Waals surface area contributed by atoms with Crippen LogP contribution in [0.1, 0.15) is 13.8 Å². The molecule has 0 unspecified atom stereocenters. The van der Waals surface area contributed by atoms with Gasteiger partial charge >= 0.3 is 0 Å². The van der Waals surface area contributed by atoms with Gasteiger partial charge in [-0.25, -0.2) is 14.4 Å². The monoisotopic (exact) mass is 471 g/mol. The molecule has 1 fully saturated rings. The van der Waals surface area contributed by atoms with Gasteiger partial charge in [0.1, 0.15) is 5.82 Å². The van der Waals surface area contributed by atoms with E-state index < -0.39 is 5.60 Å². The molecule has 0 saturated carbocycles. The third-order valence-corrected chi connectivity index (χ3v) is 6.24. The van der Waals surface area contributed by atoms with Gasteiger partial charge in [0, 0.05) is 61.2 Å². The Balaban J connectivity index is 1.31. The van der Waals surface area contributed by atoms with E-state index in [0.717, 1.165) is 48.5 Å². The number of halogens is 1. The highest BCUT2D eigenvalue weighted by Crippen LogP contribution is 2.31. The maximum Gasteiger partial charge on any atom is 0.227 e. The van der Waals surface area contributed by atoms with Crippen molar-refractivity contribution in [3.8, 4) is 11.1 Å². The lowest BCUT2D eigenvalue weighted by Gasteiger charge is -2.38. The molecule has 0 bridgehead atoms. The minimum atomic E-state index is -0.673. The quantitative estimate of drug-likeness (QED) is 0.409. The Bertz CT molecular complexity index is 1300. The fourth-order valence-corrected chi connectivity index (χ4v) is 4.61. The zero-order chi connectivity index (χ0) is 24.4. The van der Waals surface area contributed by atoms with E-state index in [9.17, 15) is 9.50 Å². The lowest BCUT2D eigenvalue weighted by molar-refractivity contribution is 0.0345. The van der Waals surface area contributed by atoms with Crippen LogP contribution in [0, 0.1) is 5.82 Å². The third kappa shape index (κ3) is 5.42. The number of piperazine rings is 1. The molecule has 35 heavy (non-hydrogen) atoms. The van der Waals surface area contributed by atoms with Crippen LogP contribution in [0.25, 0.3) is 22.0 Å². The van der Waals surface area contributed by atoms with Gasteiger partial charge < -0.3 is 15.3 Å².